The monoisotopic (exact) mass is 235 g/mol. The molecule has 1 saturated heterocycles. The molecule has 1 saturated carbocycles. The molecule has 0 aromatic carbocycles. The van der Waals surface area contributed by atoms with E-state index in [0.29, 0.717) is 6.10 Å². The summed E-state index contributed by atoms with van der Waals surface area (Å²) >= 11 is 0. The van der Waals surface area contributed by atoms with Gasteiger partial charge in [0.15, 0.2) is 0 Å². The van der Waals surface area contributed by atoms with E-state index in [-0.39, 0.29) is 5.54 Å². The summed E-state index contributed by atoms with van der Waals surface area (Å²) in [5, 5.41) is 4.20. The lowest BCUT2D eigenvalue weighted by molar-refractivity contribution is 0.0603. The molecule has 2 heterocycles. The van der Waals surface area contributed by atoms with Crippen molar-refractivity contribution in [3.05, 3.63) is 18.0 Å². The van der Waals surface area contributed by atoms with Crippen LogP contribution in [-0.2, 0) is 18.2 Å². The first kappa shape index (κ1) is 11.2. The highest BCUT2D eigenvalue weighted by Crippen LogP contribution is 2.43. The zero-order valence-electron chi connectivity index (χ0n) is 10.4. The van der Waals surface area contributed by atoms with Crippen molar-refractivity contribution in [1.29, 1.82) is 0 Å². The Labute approximate surface area is 102 Å². The molecule has 0 bridgehead atoms. The largest absolute Gasteiger partial charge is 0.376 e. The zero-order chi connectivity index (χ0) is 11.9. The number of hydrogen-bond acceptors (Lipinski definition) is 3. The molecule has 1 aromatic rings. The Hall–Kier alpha value is -0.870. The van der Waals surface area contributed by atoms with Gasteiger partial charge in [-0.2, -0.15) is 5.10 Å². The Kier molecular flexibility index (Phi) is 2.71. The lowest BCUT2D eigenvalue weighted by atomic mass is 9.84. The van der Waals surface area contributed by atoms with E-state index in [1.54, 1.807) is 0 Å². The maximum absolute atomic E-state index is 6.55. The van der Waals surface area contributed by atoms with Crippen molar-refractivity contribution in [1.82, 2.24) is 9.78 Å². The summed E-state index contributed by atoms with van der Waals surface area (Å²) in [6.07, 6.45) is 9.95. The second-order valence-electron chi connectivity index (χ2n) is 5.63. The van der Waals surface area contributed by atoms with E-state index in [1.165, 1.54) is 18.4 Å². The number of rotatable bonds is 4. The van der Waals surface area contributed by atoms with Gasteiger partial charge in [0, 0.05) is 25.4 Å². The Morgan fingerprint density at radius 3 is 3.06 bits per heavy atom. The lowest BCUT2D eigenvalue weighted by Crippen LogP contribution is -2.48. The molecule has 17 heavy (non-hydrogen) atoms. The first-order valence-corrected chi connectivity index (χ1v) is 6.55. The fourth-order valence-electron chi connectivity index (χ4n) is 2.93. The maximum atomic E-state index is 6.55. The highest BCUT2D eigenvalue weighted by atomic mass is 16.5. The van der Waals surface area contributed by atoms with E-state index in [1.807, 2.05) is 17.9 Å². The number of aryl methyl sites for hydroxylation is 2. The Morgan fingerprint density at radius 2 is 2.41 bits per heavy atom. The Bertz CT molecular complexity index is 399. The molecule has 4 nitrogen and oxygen atoms in total. The van der Waals surface area contributed by atoms with Crippen LogP contribution in [-0.4, -0.2) is 28.0 Å². The summed E-state index contributed by atoms with van der Waals surface area (Å²) in [5.74, 6) is 0.733. The Morgan fingerprint density at radius 1 is 1.59 bits per heavy atom. The van der Waals surface area contributed by atoms with Crippen LogP contribution in [0.25, 0.3) is 0 Å². The second-order valence-corrected chi connectivity index (χ2v) is 5.63. The topological polar surface area (TPSA) is 53.1 Å². The van der Waals surface area contributed by atoms with Gasteiger partial charge in [-0.25, -0.2) is 0 Å². The molecule has 1 aliphatic carbocycles. The van der Waals surface area contributed by atoms with E-state index < -0.39 is 0 Å². The van der Waals surface area contributed by atoms with Crippen LogP contribution in [0.5, 0.6) is 0 Å². The fraction of sp³-hybridized carbons (Fsp3) is 0.769. The van der Waals surface area contributed by atoms with Crippen LogP contribution < -0.4 is 5.73 Å². The van der Waals surface area contributed by atoms with Crippen LogP contribution in [0.4, 0.5) is 0 Å². The van der Waals surface area contributed by atoms with Crippen molar-refractivity contribution in [3.8, 4) is 0 Å². The molecule has 1 aromatic heterocycles. The molecular formula is C13H21N3O. The van der Waals surface area contributed by atoms with Crippen molar-refractivity contribution in [2.24, 2.45) is 18.7 Å². The third-order valence-electron chi connectivity index (χ3n) is 4.12. The van der Waals surface area contributed by atoms with E-state index in [9.17, 15) is 0 Å². The zero-order valence-corrected chi connectivity index (χ0v) is 10.4. The van der Waals surface area contributed by atoms with Gasteiger partial charge in [-0.15, -0.1) is 0 Å². The predicted octanol–water partition coefficient (Wildman–Crippen LogP) is 1.25. The van der Waals surface area contributed by atoms with E-state index in [4.69, 9.17) is 10.5 Å². The van der Waals surface area contributed by atoms with Crippen molar-refractivity contribution < 1.29 is 4.74 Å². The van der Waals surface area contributed by atoms with E-state index in [0.717, 1.165) is 31.8 Å². The minimum atomic E-state index is -0.100. The van der Waals surface area contributed by atoms with Crippen molar-refractivity contribution in [2.75, 3.05) is 6.61 Å². The summed E-state index contributed by atoms with van der Waals surface area (Å²) in [7, 11) is 1.95. The van der Waals surface area contributed by atoms with Gasteiger partial charge < -0.3 is 10.5 Å². The molecule has 2 N–H and O–H groups in total. The molecule has 0 radical (unpaired) electrons. The molecule has 2 aliphatic rings. The third-order valence-corrected chi connectivity index (χ3v) is 4.12. The highest BCUT2D eigenvalue weighted by Gasteiger charge is 2.48. The summed E-state index contributed by atoms with van der Waals surface area (Å²) in [5.41, 5.74) is 7.72. The highest BCUT2D eigenvalue weighted by molar-refractivity contribution is 5.09. The molecule has 4 heteroatoms. The summed E-state index contributed by atoms with van der Waals surface area (Å²) < 4.78 is 7.69. The van der Waals surface area contributed by atoms with Crippen LogP contribution in [0.2, 0.25) is 0 Å². The SMILES string of the molecule is Cn1cc(CCC2(N)CCOC2C2CC2)cn1. The summed E-state index contributed by atoms with van der Waals surface area (Å²) in [6, 6.07) is 0. The van der Waals surface area contributed by atoms with Crippen LogP contribution in [0.3, 0.4) is 0 Å². The molecule has 3 rings (SSSR count). The minimum absolute atomic E-state index is 0.100. The lowest BCUT2D eigenvalue weighted by Gasteiger charge is -2.30. The van der Waals surface area contributed by atoms with E-state index in [2.05, 4.69) is 11.3 Å². The fourth-order valence-corrected chi connectivity index (χ4v) is 2.93. The maximum Gasteiger partial charge on any atom is 0.0783 e. The van der Waals surface area contributed by atoms with Crippen LogP contribution in [0.15, 0.2) is 12.4 Å². The summed E-state index contributed by atoms with van der Waals surface area (Å²) in [6.45, 7) is 0.838. The number of hydrogen-bond donors (Lipinski definition) is 1. The predicted molar refractivity (Wildman–Crippen MR) is 65.5 cm³/mol. The van der Waals surface area contributed by atoms with E-state index >= 15 is 0 Å². The van der Waals surface area contributed by atoms with Crippen LogP contribution >= 0.6 is 0 Å². The van der Waals surface area contributed by atoms with Gasteiger partial charge in [0.1, 0.15) is 0 Å². The number of nitrogens with zero attached hydrogens (tertiary/aromatic N) is 2. The average Bonchev–Trinajstić information content (AvgIpc) is 2.94. The molecule has 0 amide bonds. The van der Waals surface area contributed by atoms with Crippen LogP contribution in [0.1, 0.15) is 31.2 Å². The molecule has 2 unspecified atom stereocenters. The normalized spacial score (nSPS) is 33.2. The molecular weight excluding hydrogens is 214 g/mol. The molecule has 94 valence electrons. The van der Waals surface area contributed by atoms with Crippen molar-refractivity contribution in [3.63, 3.8) is 0 Å². The van der Waals surface area contributed by atoms with Gasteiger partial charge in [-0.05, 0) is 43.6 Å². The summed E-state index contributed by atoms with van der Waals surface area (Å²) in [4.78, 5) is 0. The average molecular weight is 235 g/mol. The van der Waals surface area contributed by atoms with Gasteiger partial charge in [-0.3, -0.25) is 4.68 Å². The Balaban J connectivity index is 1.63. The third kappa shape index (κ3) is 2.24. The molecule has 0 spiro atoms. The smallest absolute Gasteiger partial charge is 0.0783 e. The number of nitrogens with two attached hydrogens (primary N) is 1. The second kappa shape index (κ2) is 4.10. The van der Waals surface area contributed by atoms with Gasteiger partial charge in [0.05, 0.1) is 12.3 Å². The first-order chi connectivity index (χ1) is 8.17. The first-order valence-electron chi connectivity index (χ1n) is 6.55. The van der Waals surface area contributed by atoms with Crippen molar-refractivity contribution in [2.45, 2.75) is 43.7 Å². The standard InChI is InChI=1S/C13H21N3O/c1-16-9-10(8-15-16)4-5-13(14)6-7-17-12(13)11-2-3-11/h8-9,11-12H,2-7,14H2,1H3. The van der Waals surface area contributed by atoms with Crippen molar-refractivity contribution >= 4 is 0 Å². The van der Waals surface area contributed by atoms with Gasteiger partial charge >= 0.3 is 0 Å². The quantitative estimate of drug-likeness (QED) is 0.854. The number of ether oxygens (including phenoxy) is 1. The van der Waals surface area contributed by atoms with Gasteiger partial charge in [-0.1, -0.05) is 0 Å². The van der Waals surface area contributed by atoms with Gasteiger partial charge in [0.25, 0.3) is 0 Å². The molecule has 2 fully saturated rings. The molecule has 2 atom stereocenters. The van der Waals surface area contributed by atoms with Crippen LogP contribution in [0, 0.1) is 5.92 Å². The van der Waals surface area contributed by atoms with Gasteiger partial charge in [0.2, 0.25) is 0 Å². The minimum Gasteiger partial charge on any atom is -0.376 e. The number of aromatic nitrogens is 2. The molecule has 1 aliphatic heterocycles.